The summed E-state index contributed by atoms with van der Waals surface area (Å²) in [5, 5.41) is 4.85. The molecule has 2 aliphatic rings. The number of rotatable bonds is 5. The van der Waals surface area contributed by atoms with Gasteiger partial charge in [0, 0.05) is 38.7 Å². The second-order valence-electron chi connectivity index (χ2n) is 14.7. The number of para-hydroxylation sites is 1. The molecular formula is C50H38N4. The molecule has 1 atom stereocenters. The van der Waals surface area contributed by atoms with Gasteiger partial charge in [-0.3, -0.25) is 0 Å². The quantitative estimate of drug-likeness (QED) is 0.191. The van der Waals surface area contributed by atoms with Gasteiger partial charge in [0.15, 0.2) is 5.84 Å². The highest BCUT2D eigenvalue weighted by molar-refractivity contribution is 6.13. The lowest BCUT2D eigenvalue weighted by Crippen LogP contribution is -2.33. The summed E-state index contributed by atoms with van der Waals surface area (Å²) in [5.74, 6) is 1.53. The number of hydrogen-bond acceptors (Lipinski definition) is 3. The van der Waals surface area contributed by atoms with Gasteiger partial charge >= 0.3 is 0 Å². The molecule has 0 fully saturated rings. The molecule has 10 rings (SSSR count). The monoisotopic (exact) mass is 694 g/mol. The third-order valence-electron chi connectivity index (χ3n) is 11.1. The van der Waals surface area contributed by atoms with Crippen molar-refractivity contribution in [1.82, 2.24) is 9.88 Å². The van der Waals surface area contributed by atoms with Crippen molar-refractivity contribution in [3.05, 3.63) is 210 Å². The maximum Gasteiger partial charge on any atom is 0.159 e. The standard InChI is InChI=1S/C50H38N4/c1-50(2)42-24-14-12-22-39(42)45-41-32-37(30-31-44(41)54(38-20-10-5-11-21-38)46(45)40-23-13-15-25-43(40)50)33-26-28-36(29-27-33)49-52-47(34-16-6-3-7-17-34)51-48(53-49)35-18-8-4-9-19-35/h3-32,47H,1-2H3,(H,51,52,53). The summed E-state index contributed by atoms with van der Waals surface area (Å²) in [6, 6.07) is 65.0. The predicted molar refractivity (Wildman–Crippen MR) is 224 cm³/mol. The van der Waals surface area contributed by atoms with Gasteiger partial charge in [0.05, 0.1) is 11.2 Å². The van der Waals surface area contributed by atoms with Crippen LogP contribution in [0.25, 0.3) is 50.1 Å². The van der Waals surface area contributed by atoms with Crippen LogP contribution >= 0.6 is 0 Å². The zero-order valence-corrected chi connectivity index (χ0v) is 30.2. The Bertz CT molecular complexity index is 2740. The van der Waals surface area contributed by atoms with Crippen molar-refractivity contribution in [1.29, 1.82) is 0 Å². The molecule has 258 valence electrons. The summed E-state index contributed by atoms with van der Waals surface area (Å²) in [5.41, 5.74) is 15.3. The first-order chi connectivity index (χ1) is 26.5. The zero-order chi connectivity index (χ0) is 36.2. The molecule has 1 aliphatic heterocycles. The predicted octanol–water partition coefficient (Wildman–Crippen LogP) is 11.8. The number of nitrogens with one attached hydrogen (secondary N) is 1. The first-order valence-electron chi connectivity index (χ1n) is 18.6. The molecule has 0 saturated carbocycles. The van der Waals surface area contributed by atoms with E-state index in [0.29, 0.717) is 0 Å². The van der Waals surface area contributed by atoms with Crippen molar-refractivity contribution >= 4 is 22.6 Å². The third kappa shape index (κ3) is 5.21. The van der Waals surface area contributed by atoms with Gasteiger partial charge in [-0.15, -0.1) is 0 Å². The van der Waals surface area contributed by atoms with Crippen LogP contribution < -0.4 is 5.32 Å². The smallest absolute Gasteiger partial charge is 0.159 e. The van der Waals surface area contributed by atoms with Gasteiger partial charge in [-0.25, -0.2) is 9.98 Å². The molecule has 1 N–H and O–H groups in total. The molecule has 8 aromatic rings. The minimum Gasteiger partial charge on any atom is -0.344 e. The fourth-order valence-electron chi connectivity index (χ4n) is 8.41. The van der Waals surface area contributed by atoms with Crippen LogP contribution in [-0.2, 0) is 5.41 Å². The average molecular weight is 695 g/mol. The minimum absolute atomic E-state index is 0.187. The van der Waals surface area contributed by atoms with E-state index in [1.54, 1.807) is 0 Å². The summed E-state index contributed by atoms with van der Waals surface area (Å²) in [6.07, 6.45) is -0.238. The van der Waals surface area contributed by atoms with Gasteiger partial charge in [0.1, 0.15) is 12.0 Å². The van der Waals surface area contributed by atoms with E-state index in [0.717, 1.165) is 39.6 Å². The highest BCUT2D eigenvalue weighted by atomic mass is 15.2. The Labute approximate surface area is 315 Å². The van der Waals surface area contributed by atoms with Gasteiger partial charge in [-0.2, -0.15) is 0 Å². The van der Waals surface area contributed by atoms with E-state index >= 15 is 0 Å². The van der Waals surface area contributed by atoms with Gasteiger partial charge in [0.2, 0.25) is 0 Å². The number of aliphatic imine (C=N–C) groups is 2. The minimum atomic E-state index is -0.238. The Hall–Kier alpha value is -6.78. The molecule has 4 heteroatoms. The molecule has 1 aliphatic carbocycles. The molecule has 2 heterocycles. The maximum atomic E-state index is 5.03. The molecule has 0 saturated heterocycles. The average Bonchev–Trinajstić information content (AvgIpc) is 3.55. The highest BCUT2D eigenvalue weighted by Gasteiger charge is 2.36. The van der Waals surface area contributed by atoms with Crippen molar-refractivity contribution in [3.8, 4) is 39.2 Å². The van der Waals surface area contributed by atoms with Crippen LogP contribution in [-0.4, -0.2) is 16.2 Å². The maximum absolute atomic E-state index is 5.03. The summed E-state index contributed by atoms with van der Waals surface area (Å²) in [6.45, 7) is 4.72. The van der Waals surface area contributed by atoms with Crippen molar-refractivity contribution in [2.75, 3.05) is 0 Å². The molecule has 7 aromatic carbocycles. The van der Waals surface area contributed by atoms with Crippen molar-refractivity contribution < 1.29 is 0 Å². The Balaban J connectivity index is 1.12. The van der Waals surface area contributed by atoms with E-state index in [1.807, 2.05) is 24.3 Å². The molecule has 1 aromatic heterocycles. The molecular weight excluding hydrogens is 657 g/mol. The van der Waals surface area contributed by atoms with E-state index in [1.165, 1.54) is 50.0 Å². The van der Waals surface area contributed by atoms with Crippen molar-refractivity contribution in [2.24, 2.45) is 9.98 Å². The van der Waals surface area contributed by atoms with Gasteiger partial charge < -0.3 is 9.88 Å². The fraction of sp³-hybridized carbons (Fsp3) is 0.0800. The zero-order valence-electron chi connectivity index (χ0n) is 30.2. The second kappa shape index (κ2) is 12.7. The SMILES string of the molecule is CC1(C)c2ccccc2-c2c(n(-c3ccccc3)c3ccc(-c4ccc(C5=NC(c6ccccc6)=NC(c6ccccc6)N5)cc4)cc23)-c2ccccc21. The summed E-state index contributed by atoms with van der Waals surface area (Å²) in [4.78, 5) is 10.0. The number of fused-ring (bicyclic) bond motifs is 7. The summed E-state index contributed by atoms with van der Waals surface area (Å²) >= 11 is 0. The number of hydrogen-bond donors (Lipinski definition) is 1. The van der Waals surface area contributed by atoms with Crippen LogP contribution in [0.5, 0.6) is 0 Å². The van der Waals surface area contributed by atoms with Crippen LogP contribution in [0.2, 0.25) is 0 Å². The largest absolute Gasteiger partial charge is 0.344 e. The summed E-state index contributed by atoms with van der Waals surface area (Å²) < 4.78 is 2.47. The first-order valence-corrected chi connectivity index (χ1v) is 18.6. The van der Waals surface area contributed by atoms with E-state index in [4.69, 9.17) is 9.98 Å². The number of nitrogens with zero attached hydrogens (tertiary/aromatic N) is 3. The van der Waals surface area contributed by atoms with Crippen LogP contribution in [0.15, 0.2) is 192 Å². The molecule has 0 radical (unpaired) electrons. The van der Waals surface area contributed by atoms with Gasteiger partial charge in [-0.1, -0.05) is 172 Å². The lowest BCUT2D eigenvalue weighted by molar-refractivity contribution is 0.646. The van der Waals surface area contributed by atoms with E-state index in [-0.39, 0.29) is 11.6 Å². The summed E-state index contributed by atoms with van der Waals surface area (Å²) in [7, 11) is 0. The van der Waals surface area contributed by atoms with Gasteiger partial charge in [-0.05, 0) is 57.6 Å². The molecule has 1 unspecified atom stereocenters. The topological polar surface area (TPSA) is 41.7 Å². The Morgan fingerprint density at radius 1 is 0.537 bits per heavy atom. The number of benzene rings is 7. The molecule has 4 nitrogen and oxygen atoms in total. The first kappa shape index (κ1) is 31.9. The molecule has 0 bridgehead atoms. The van der Waals surface area contributed by atoms with Crippen LogP contribution in [0.1, 0.15) is 47.8 Å². The third-order valence-corrected chi connectivity index (χ3v) is 11.1. The van der Waals surface area contributed by atoms with Gasteiger partial charge in [0.25, 0.3) is 0 Å². The van der Waals surface area contributed by atoms with E-state index in [9.17, 15) is 0 Å². The van der Waals surface area contributed by atoms with Crippen LogP contribution in [0.3, 0.4) is 0 Å². The Kier molecular flexibility index (Phi) is 7.51. The molecule has 0 amide bonds. The Morgan fingerprint density at radius 2 is 1.11 bits per heavy atom. The van der Waals surface area contributed by atoms with E-state index in [2.05, 4.69) is 181 Å². The highest BCUT2D eigenvalue weighted by Crippen LogP contribution is 2.53. The van der Waals surface area contributed by atoms with Crippen molar-refractivity contribution in [3.63, 3.8) is 0 Å². The lowest BCUT2D eigenvalue weighted by atomic mass is 9.75. The number of aromatic nitrogens is 1. The molecule has 0 spiro atoms. The number of amidine groups is 2. The van der Waals surface area contributed by atoms with E-state index < -0.39 is 0 Å². The van der Waals surface area contributed by atoms with Crippen LogP contribution in [0, 0.1) is 0 Å². The van der Waals surface area contributed by atoms with Crippen molar-refractivity contribution in [2.45, 2.75) is 25.4 Å². The second-order valence-corrected chi connectivity index (χ2v) is 14.7. The normalized spacial score (nSPS) is 15.6. The lowest BCUT2D eigenvalue weighted by Gasteiger charge is -2.28. The fourth-order valence-corrected chi connectivity index (χ4v) is 8.41. The Morgan fingerprint density at radius 3 is 1.83 bits per heavy atom. The molecule has 54 heavy (non-hydrogen) atoms. The van der Waals surface area contributed by atoms with Crippen LogP contribution in [0.4, 0.5) is 0 Å².